The van der Waals surface area contributed by atoms with Crippen LogP contribution in [0.1, 0.15) is 5.56 Å². The van der Waals surface area contributed by atoms with E-state index < -0.39 is 0 Å². The number of thioether (sulfide) groups is 1. The van der Waals surface area contributed by atoms with Gasteiger partial charge in [0.2, 0.25) is 0 Å². The minimum Gasteiger partial charge on any atom is -0.497 e. The highest BCUT2D eigenvalue weighted by molar-refractivity contribution is 7.99. The Morgan fingerprint density at radius 3 is 2.69 bits per heavy atom. The predicted octanol–water partition coefficient (Wildman–Crippen LogP) is 2.15. The van der Waals surface area contributed by atoms with Crippen LogP contribution in [0.5, 0.6) is 5.75 Å². The van der Waals surface area contributed by atoms with Gasteiger partial charge < -0.3 is 14.8 Å². The van der Waals surface area contributed by atoms with E-state index >= 15 is 0 Å². The molecule has 1 N–H and O–H groups in total. The van der Waals surface area contributed by atoms with Gasteiger partial charge in [0, 0.05) is 38.0 Å². The summed E-state index contributed by atoms with van der Waals surface area (Å²) in [5, 5.41) is 3.38. The third-order valence-corrected chi connectivity index (χ3v) is 3.24. The second kappa shape index (κ2) is 7.54. The van der Waals surface area contributed by atoms with Crippen LogP contribution in [-0.2, 0) is 11.3 Å². The van der Waals surface area contributed by atoms with Crippen molar-refractivity contribution in [3.63, 3.8) is 0 Å². The van der Waals surface area contributed by atoms with Crippen molar-refractivity contribution in [2.45, 2.75) is 11.4 Å². The van der Waals surface area contributed by atoms with Crippen molar-refractivity contribution < 1.29 is 9.47 Å². The molecule has 1 aromatic rings. The fourth-order valence-electron chi connectivity index (χ4n) is 1.42. The third kappa shape index (κ3) is 4.04. The summed E-state index contributed by atoms with van der Waals surface area (Å²) in [7, 11) is 4.96. The van der Waals surface area contributed by atoms with E-state index in [9.17, 15) is 0 Å². The van der Waals surface area contributed by atoms with E-state index in [-0.39, 0.29) is 0 Å². The highest BCUT2D eigenvalue weighted by Crippen LogP contribution is 2.27. The molecule has 1 aliphatic rings. The van der Waals surface area contributed by atoms with Crippen LogP contribution in [0.3, 0.4) is 0 Å². The summed E-state index contributed by atoms with van der Waals surface area (Å²) in [4.78, 5) is 1.38. The molecule has 0 aromatic heterocycles. The monoisotopic (exact) mass is 241 g/mol. The molecule has 3 nitrogen and oxygen atoms in total. The number of methoxy groups -OCH3 is 2. The van der Waals surface area contributed by atoms with Gasteiger partial charge >= 0.3 is 0 Å². The summed E-state index contributed by atoms with van der Waals surface area (Å²) in [5.41, 5.74) is 1.35. The number of nitrogens with one attached hydrogen (secondary N) is 1. The van der Waals surface area contributed by atoms with Crippen LogP contribution in [-0.4, -0.2) is 33.6 Å². The van der Waals surface area contributed by atoms with Gasteiger partial charge in [-0.15, -0.1) is 11.8 Å². The van der Waals surface area contributed by atoms with Gasteiger partial charge in [-0.25, -0.2) is 0 Å². The first-order chi connectivity index (χ1) is 7.81. The molecule has 0 saturated heterocycles. The Morgan fingerprint density at radius 2 is 2.00 bits per heavy atom. The Kier molecular flexibility index (Phi) is 6.30. The summed E-state index contributed by atoms with van der Waals surface area (Å²) in [6.45, 7) is 2.04. The maximum atomic E-state index is 5.18. The van der Waals surface area contributed by atoms with Crippen molar-refractivity contribution in [1.29, 1.82) is 0 Å². The molecule has 90 valence electrons. The van der Waals surface area contributed by atoms with Crippen LogP contribution in [0, 0.1) is 0 Å². The lowest BCUT2D eigenvalue weighted by molar-refractivity contribution is 0.277. The number of benzene rings is 1. The zero-order valence-electron chi connectivity index (χ0n) is 10.1. The molecule has 0 spiro atoms. The Morgan fingerprint density at radius 1 is 1.25 bits per heavy atom. The van der Waals surface area contributed by atoms with Gasteiger partial charge in [-0.3, -0.25) is 0 Å². The Bertz CT molecular complexity index is 318. The van der Waals surface area contributed by atoms with E-state index in [1.807, 2.05) is 17.8 Å². The third-order valence-electron chi connectivity index (χ3n) is 2.12. The molecule has 0 radical (unpaired) electrons. The Hall–Kier alpha value is -0.710. The van der Waals surface area contributed by atoms with Crippen LogP contribution < -0.4 is 10.1 Å². The summed E-state index contributed by atoms with van der Waals surface area (Å²) >= 11 is 1.91. The van der Waals surface area contributed by atoms with Gasteiger partial charge in [0.15, 0.2) is 0 Å². The molecular weight excluding hydrogens is 222 g/mol. The number of fused-ring (bicyclic) bond motifs is 1. The van der Waals surface area contributed by atoms with Crippen LogP contribution in [0.15, 0.2) is 23.1 Å². The number of rotatable bonds is 1. The summed E-state index contributed by atoms with van der Waals surface area (Å²) in [6.07, 6.45) is 0. The highest BCUT2D eigenvalue weighted by atomic mass is 32.2. The Labute approximate surface area is 102 Å². The summed E-state index contributed by atoms with van der Waals surface area (Å²) < 4.78 is 9.43. The van der Waals surface area contributed by atoms with Gasteiger partial charge in [-0.2, -0.15) is 0 Å². The van der Waals surface area contributed by atoms with Gasteiger partial charge in [0.1, 0.15) is 5.75 Å². The van der Waals surface area contributed by atoms with Crippen molar-refractivity contribution in [2.75, 3.05) is 33.6 Å². The normalized spacial score (nSPS) is 14.2. The molecule has 0 saturated carbocycles. The lowest BCUT2D eigenvalue weighted by atomic mass is 10.2. The first-order valence-electron chi connectivity index (χ1n) is 5.22. The van der Waals surface area contributed by atoms with E-state index in [0.29, 0.717) is 0 Å². The highest BCUT2D eigenvalue weighted by Gasteiger charge is 2.07. The summed E-state index contributed by atoms with van der Waals surface area (Å²) in [5.74, 6) is 2.10. The molecular formula is C12H19NO2S. The maximum Gasteiger partial charge on any atom is 0.119 e. The van der Waals surface area contributed by atoms with Crippen molar-refractivity contribution in [2.24, 2.45) is 0 Å². The van der Waals surface area contributed by atoms with Gasteiger partial charge in [0.25, 0.3) is 0 Å². The molecule has 0 atom stereocenters. The largest absolute Gasteiger partial charge is 0.497 e. The van der Waals surface area contributed by atoms with Crippen molar-refractivity contribution in [1.82, 2.24) is 5.32 Å². The van der Waals surface area contributed by atoms with Crippen LogP contribution in [0.4, 0.5) is 0 Å². The van der Waals surface area contributed by atoms with E-state index in [0.717, 1.165) is 24.6 Å². The zero-order valence-corrected chi connectivity index (χ0v) is 10.9. The van der Waals surface area contributed by atoms with Gasteiger partial charge in [-0.1, -0.05) is 0 Å². The van der Waals surface area contributed by atoms with E-state index in [2.05, 4.69) is 22.2 Å². The second-order valence-electron chi connectivity index (χ2n) is 3.41. The molecule has 1 aromatic carbocycles. The summed E-state index contributed by atoms with van der Waals surface area (Å²) in [6, 6.07) is 6.28. The van der Waals surface area contributed by atoms with Crippen molar-refractivity contribution in [3.05, 3.63) is 23.8 Å². The SMILES string of the molecule is COC.COc1ccc2c(c1)CNCCS2. The minimum atomic E-state index is 0.947. The van der Waals surface area contributed by atoms with Crippen LogP contribution in [0.2, 0.25) is 0 Å². The zero-order chi connectivity index (χ0) is 11.8. The van der Waals surface area contributed by atoms with E-state index in [1.165, 1.54) is 10.5 Å². The molecule has 1 aliphatic heterocycles. The molecule has 0 amide bonds. The van der Waals surface area contributed by atoms with Crippen LogP contribution in [0.25, 0.3) is 0 Å². The van der Waals surface area contributed by atoms with Crippen LogP contribution >= 0.6 is 11.8 Å². The number of hydrogen-bond acceptors (Lipinski definition) is 4. The predicted molar refractivity (Wildman–Crippen MR) is 68.4 cm³/mol. The molecule has 2 rings (SSSR count). The average Bonchev–Trinajstić information content (AvgIpc) is 2.54. The Balaban J connectivity index is 0.000000386. The quantitative estimate of drug-likeness (QED) is 0.816. The molecule has 0 bridgehead atoms. The van der Waals surface area contributed by atoms with E-state index in [4.69, 9.17) is 4.74 Å². The molecule has 1 heterocycles. The average molecular weight is 241 g/mol. The van der Waals surface area contributed by atoms with Gasteiger partial charge in [0.05, 0.1) is 7.11 Å². The maximum absolute atomic E-state index is 5.18. The fraction of sp³-hybridized carbons (Fsp3) is 0.500. The molecule has 4 heteroatoms. The molecule has 0 fully saturated rings. The standard InChI is InChI=1S/C10H13NOS.C2H6O/c1-12-9-2-3-10-8(6-9)7-11-4-5-13-10;1-3-2/h2-3,6,11H,4-5,7H2,1H3;1-2H3. The molecule has 0 unspecified atom stereocenters. The fourth-order valence-corrected chi connectivity index (χ4v) is 2.37. The van der Waals surface area contributed by atoms with Gasteiger partial charge in [-0.05, 0) is 23.8 Å². The topological polar surface area (TPSA) is 30.5 Å². The lowest BCUT2D eigenvalue weighted by Gasteiger charge is -2.06. The van der Waals surface area contributed by atoms with Crippen molar-refractivity contribution >= 4 is 11.8 Å². The second-order valence-corrected chi connectivity index (χ2v) is 4.54. The number of ether oxygens (including phenoxy) is 2. The lowest BCUT2D eigenvalue weighted by Crippen LogP contribution is -2.13. The van der Waals surface area contributed by atoms with Crippen molar-refractivity contribution in [3.8, 4) is 5.75 Å². The van der Waals surface area contributed by atoms with E-state index in [1.54, 1.807) is 21.3 Å². The first-order valence-corrected chi connectivity index (χ1v) is 6.21. The number of hydrogen-bond donors (Lipinski definition) is 1. The minimum absolute atomic E-state index is 0.947. The smallest absolute Gasteiger partial charge is 0.119 e. The molecule has 0 aliphatic carbocycles. The molecule has 16 heavy (non-hydrogen) atoms. The first kappa shape index (κ1) is 13.4.